The SMILES string of the molecule is Cc1cccc(NS(=O)(=O)c2cc(C(=O)NCCCN3CCCCC3)ccc2Cl)c1C. The first-order valence-corrected chi connectivity index (χ1v) is 12.5. The number of carbonyl (C=O) groups excluding carboxylic acids is 1. The fourth-order valence-corrected chi connectivity index (χ4v) is 5.35. The largest absolute Gasteiger partial charge is 0.352 e. The minimum atomic E-state index is -3.95. The van der Waals surface area contributed by atoms with E-state index in [1.165, 1.54) is 31.4 Å². The predicted octanol–water partition coefficient (Wildman–Crippen LogP) is 4.36. The Morgan fingerprint density at radius 2 is 1.84 bits per heavy atom. The van der Waals surface area contributed by atoms with E-state index in [0.717, 1.165) is 37.2 Å². The maximum Gasteiger partial charge on any atom is 0.263 e. The first-order valence-electron chi connectivity index (χ1n) is 10.7. The van der Waals surface area contributed by atoms with Crippen LogP contribution in [0.15, 0.2) is 41.3 Å². The Kier molecular flexibility index (Phi) is 7.97. The van der Waals surface area contributed by atoms with Gasteiger partial charge in [-0.1, -0.05) is 30.2 Å². The van der Waals surface area contributed by atoms with E-state index in [1.807, 2.05) is 19.9 Å². The number of aryl methyl sites for hydroxylation is 1. The third kappa shape index (κ3) is 6.21. The number of sulfonamides is 1. The van der Waals surface area contributed by atoms with Crippen LogP contribution in [-0.4, -0.2) is 45.4 Å². The van der Waals surface area contributed by atoms with E-state index in [0.29, 0.717) is 12.2 Å². The Bertz CT molecular complexity index is 1030. The van der Waals surface area contributed by atoms with E-state index in [1.54, 1.807) is 18.2 Å². The molecule has 0 spiro atoms. The number of halogens is 1. The van der Waals surface area contributed by atoms with Gasteiger partial charge in [0.15, 0.2) is 0 Å². The molecule has 2 N–H and O–H groups in total. The molecule has 2 aromatic rings. The number of likely N-dealkylation sites (tertiary alicyclic amines) is 1. The van der Waals surface area contributed by atoms with Gasteiger partial charge in [0.2, 0.25) is 0 Å². The molecule has 31 heavy (non-hydrogen) atoms. The number of nitrogens with one attached hydrogen (secondary N) is 2. The summed E-state index contributed by atoms with van der Waals surface area (Å²) in [4.78, 5) is 14.9. The fraction of sp³-hybridized carbons (Fsp3) is 0.435. The van der Waals surface area contributed by atoms with Gasteiger partial charge in [0.05, 0.1) is 10.7 Å². The Morgan fingerprint density at radius 1 is 1.10 bits per heavy atom. The topological polar surface area (TPSA) is 78.5 Å². The zero-order chi connectivity index (χ0) is 22.4. The Balaban J connectivity index is 1.65. The molecule has 3 rings (SSSR count). The minimum absolute atomic E-state index is 0.0689. The standard InChI is InChI=1S/C23H30ClN3O3S/c1-17-8-6-9-21(18(17)2)26-31(29,30)22-16-19(10-11-20(22)24)23(28)25-12-7-15-27-13-4-3-5-14-27/h6,8-11,16,26H,3-5,7,12-15H2,1-2H3,(H,25,28). The molecular formula is C23H30ClN3O3S. The Labute approximate surface area is 190 Å². The van der Waals surface area contributed by atoms with E-state index in [9.17, 15) is 13.2 Å². The molecule has 0 bridgehead atoms. The lowest BCUT2D eigenvalue weighted by molar-refractivity contribution is 0.0951. The Morgan fingerprint density at radius 3 is 2.58 bits per heavy atom. The lowest BCUT2D eigenvalue weighted by atomic mass is 10.1. The summed E-state index contributed by atoms with van der Waals surface area (Å²) in [7, 11) is -3.95. The highest BCUT2D eigenvalue weighted by Gasteiger charge is 2.21. The summed E-state index contributed by atoms with van der Waals surface area (Å²) in [6.07, 6.45) is 4.64. The van der Waals surface area contributed by atoms with Crippen molar-refractivity contribution in [3.63, 3.8) is 0 Å². The molecule has 6 nitrogen and oxygen atoms in total. The number of benzene rings is 2. The van der Waals surface area contributed by atoms with Crippen LogP contribution in [-0.2, 0) is 10.0 Å². The van der Waals surface area contributed by atoms with Crippen molar-refractivity contribution in [2.24, 2.45) is 0 Å². The lowest BCUT2D eigenvalue weighted by Crippen LogP contribution is -2.33. The van der Waals surface area contributed by atoms with Gasteiger partial charge in [0, 0.05) is 12.1 Å². The van der Waals surface area contributed by atoms with Crippen LogP contribution in [0.3, 0.4) is 0 Å². The molecule has 0 atom stereocenters. The summed E-state index contributed by atoms with van der Waals surface area (Å²) in [5.41, 5.74) is 2.57. The van der Waals surface area contributed by atoms with Crippen LogP contribution in [0.4, 0.5) is 5.69 Å². The number of nitrogens with zero attached hydrogens (tertiary/aromatic N) is 1. The van der Waals surface area contributed by atoms with Crippen LogP contribution in [0, 0.1) is 13.8 Å². The molecule has 168 valence electrons. The first kappa shape index (κ1) is 23.6. The minimum Gasteiger partial charge on any atom is -0.352 e. The van der Waals surface area contributed by atoms with Gasteiger partial charge in [0.1, 0.15) is 4.90 Å². The van der Waals surface area contributed by atoms with Gasteiger partial charge >= 0.3 is 0 Å². The van der Waals surface area contributed by atoms with Crippen molar-refractivity contribution >= 4 is 33.2 Å². The van der Waals surface area contributed by atoms with Gasteiger partial charge < -0.3 is 10.2 Å². The second kappa shape index (κ2) is 10.5. The number of anilines is 1. The molecule has 1 aliphatic rings. The van der Waals surface area contributed by atoms with Gasteiger partial charge in [-0.3, -0.25) is 9.52 Å². The van der Waals surface area contributed by atoms with Crippen LogP contribution in [0.25, 0.3) is 0 Å². The number of rotatable bonds is 8. The van der Waals surface area contributed by atoms with Crippen molar-refractivity contribution in [3.8, 4) is 0 Å². The summed E-state index contributed by atoms with van der Waals surface area (Å²) in [6.45, 7) is 7.51. The van der Waals surface area contributed by atoms with Crippen LogP contribution < -0.4 is 10.0 Å². The highest BCUT2D eigenvalue weighted by atomic mass is 35.5. The van der Waals surface area contributed by atoms with E-state index in [2.05, 4.69) is 14.9 Å². The molecule has 8 heteroatoms. The molecule has 0 radical (unpaired) electrons. The molecule has 1 aliphatic heterocycles. The van der Waals surface area contributed by atoms with Gasteiger partial charge in [-0.15, -0.1) is 0 Å². The number of hydrogen-bond acceptors (Lipinski definition) is 4. The zero-order valence-corrected chi connectivity index (χ0v) is 19.7. The monoisotopic (exact) mass is 463 g/mol. The second-order valence-electron chi connectivity index (χ2n) is 8.01. The van der Waals surface area contributed by atoms with Crippen LogP contribution in [0.2, 0.25) is 5.02 Å². The summed E-state index contributed by atoms with van der Waals surface area (Å²) >= 11 is 6.18. The van der Waals surface area contributed by atoms with Crippen molar-refractivity contribution in [3.05, 3.63) is 58.1 Å². The molecule has 0 aromatic heterocycles. The number of hydrogen-bond donors (Lipinski definition) is 2. The lowest BCUT2D eigenvalue weighted by Gasteiger charge is -2.26. The van der Waals surface area contributed by atoms with E-state index in [-0.39, 0.29) is 21.4 Å². The normalized spacial score (nSPS) is 14.9. The van der Waals surface area contributed by atoms with E-state index < -0.39 is 10.0 Å². The average molecular weight is 464 g/mol. The van der Waals surface area contributed by atoms with Crippen molar-refractivity contribution in [2.45, 2.75) is 44.4 Å². The number of carbonyl (C=O) groups is 1. The summed E-state index contributed by atoms with van der Waals surface area (Å²) < 4.78 is 28.5. The molecule has 0 unspecified atom stereocenters. The molecule has 1 fully saturated rings. The summed E-state index contributed by atoms with van der Waals surface area (Å²) in [6, 6.07) is 9.72. The molecule has 2 aromatic carbocycles. The summed E-state index contributed by atoms with van der Waals surface area (Å²) in [5.74, 6) is -0.307. The van der Waals surface area contributed by atoms with Gasteiger partial charge in [-0.25, -0.2) is 8.42 Å². The molecule has 1 amide bonds. The van der Waals surface area contributed by atoms with Crippen LogP contribution in [0.5, 0.6) is 0 Å². The first-order chi connectivity index (χ1) is 14.8. The third-order valence-electron chi connectivity index (χ3n) is 5.72. The molecule has 1 saturated heterocycles. The highest BCUT2D eigenvalue weighted by molar-refractivity contribution is 7.92. The van der Waals surface area contributed by atoms with Crippen molar-refractivity contribution in [1.29, 1.82) is 0 Å². The summed E-state index contributed by atoms with van der Waals surface area (Å²) in [5, 5.41) is 2.95. The van der Waals surface area contributed by atoms with Crippen molar-refractivity contribution in [1.82, 2.24) is 10.2 Å². The Hall–Kier alpha value is -2.09. The zero-order valence-electron chi connectivity index (χ0n) is 18.1. The van der Waals surface area contributed by atoms with E-state index in [4.69, 9.17) is 11.6 Å². The second-order valence-corrected chi connectivity index (χ2v) is 10.1. The van der Waals surface area contributed by atoms with Crippen LogP contribution in [0.1, 0.15) is 47.2 Å². The molecule has 0 aliphatic carbocycles. The highest BCUT2D eigenvalue weighted by Crippen LogP contribution is 2.27. The van der Waals surface area contributed by atoms with E-state index >= 15 is 0 Å². The maximum atomic E-state index is 13.0. The van der Waals surface area contributed by atoms with Gasteiger partial charge in [-0.2, -0.15) is 0 Å². The van der Waals surface area contributed by atoms with Crippen LogP contribution >= 0.6 is 11.6 Å². The van der Waals surface area contributed by atoms with Crippen molar-refractivity contribution < 1.29 is 13.2 Å². The maximum absolute atomic E-state index is 13.0. The van der Waals surface area contributed by atoms with Gasteiger partial charge in [0.25, 0.3) is 15.9 Å². The smallest absolute Gasteiger partial charge is 0.263 e. The fourth-order valence-electron chi connectivity index (χ4n) is 3.70. The number of piperidine rings is 1. The average Bonchev–Trinajstić information content (AvgIpc) is 2.75. The molecular weight excluding hydrogens is 434 g/mol. The third-order valence-corrected chi connectivity index (χ3v) is 7.56. The quantitative estimate of drug-likeness (QED) is 0.570. The number of amides is 1. The molecule has 1 heterocycles. The molecule has 0 saturated carbocycles. The van der Waals surface area contributed by atoms with Crippen molar-refractivity contribution in [2.75, 3.05) is 30.9 Å². The van der Waals surface area contributed by atoms with Gasteiger partial charge in [-0.05, 0) is 88.1 Å². The predicted molar refractivity (Wildman–Crippen MR) is 125 cm³/mol.